The zero-order valence-electron chi connectivity index (χ0n) is 8.64. The molecule has 0 bridgehead atoms. The number of anilines is 1. The molecule has 0 fully saturated rings. The molecular formula is C11H10ClN3S. The van der Waals surface area contributed by atoms with E-state index >= 15 is 0 Å². The van der Waals surface area contributed by atoms with Crippen molar-refractivity contribution >= 4 is 29.1 Å². The van der Waals surface area contributed by atoms with Crippen molar-refractivity contribution in [3.05, 3.63) is 41.2 Å². The number of hydrogen-bond donors (Lipinski definition) is 1. The first-order valence-electron chi connectivity index (χ1n) is 4.68. The van der Waals surface area contributed by atoms with Gasteiger partial charge >= 0.3 is 0 Å². The van der Waals surface area contributed by atoms with Crippen LogP contribution in [0.4, 0.5) is 5.69 Å². The van der Waals surface area contributed by atoms with E-state index in [-0.39, 0.29) is 0 Å². The van der Waals surface area contributed by atoms with Crippen molar-refractivity contribution in [1.82, 2.24) is 9.97 Å². The van der Waals surface area contributed by atoms with E-state index in [2.05, 4.69) is 9.97 Å². The summed E-state index contributed by atoms with van der Waals surface area (Å²) in [7, 11) is 0. The minimum absolute atomic E-state index is 0.607. The number of nitrogens with zero attached hydrogens (tertiary/aromatic N) is 2. The number of rotatable bonds is 2. The van der Waals surface area contributed by atoms with Gasteiger partial charge in [0.25, 0.3) is 0 Å². The van der Waals surface area contributed by atoms with Crippen molar-refractivity contribution in [3.8, 4) is 0 Å². The first-order chi connectivity index (χ1) is 7.66. The summed E-state index contributed by atoms with van der Waals surface area (Å²) in [6, 6.07) is 7.29. The molecule has 3 nitrogen and oxygen atoms in total. The highest BCUT2D eigenvalue weighted by Gasteiger charge is 2.07. The lowest BCUT2D eigenvalue weighted by molar-refractivity contribution is 1.06. The third kappa shape index (κ3) is 2.46. The maximum Gasteiger partial charge on any atom is 0.126 e. The molecule has 16 heavy (non-hydrogen) atoms. The van der Waals surface area contributed by atoms with Crippen molar-refractivity contribution in [2.45, 2.75) is 17.0 Å². The summed E-state index contributed by atoms with van der Waals surface area (Å²) in [6.45, 7) is 1.92. The topological polar surface area (TPSA) is 51.8 Å². The maximum atomic E-state index is 6.01. The first-order valence-corrected chi connectivity index (χ1v) is 5.88. The number of nitrogen functional groups attached to an aromatic ring is 1. The molecule has 0 aliphatic carbocycles. The Kier molecular flexibility index (Phi) is 3.31. The Balaban J connectivity index is 2.34. The molecule has 82 valence electrons. The van der Waals surface area contributed by atoms with Crippen LogP contribution in [0, 0.1) is 6.92 Å². The predicted octanol–water partition coefficient (Wildman–Crippen LogP) is 3.17. The Morgan fingerprint density at radius 1 is 1.25 bits per heavy atom. The molecule has 0 saturated carbocycles. The van der Waals surface area contributed by atoms with Gasteiger partial charge in [-0.1, -0.05) is 11.6 Å². The number of nitrogens with two attached hydrogens (primary N) is 1. The van der Waals surface area contributed by atoms with Gasteiger partial charge in [-0.05, 0) is 43.0 Å². The van der Waals surface area contributed by atoms with Crippen LogP contribution in [0.25, 0.3) is 0 Å². The van der Waals surface area contributed by atoms with E-state index in [1.54, 1.807) is 18.3 Å². The Morgan fingerprint density at radius 3 is 2.81 bits per heavy atom. The van der Waals surface area contributed by atoms with Gasteiger partial charge in [-0.15, -0.1) is 0 Å². The van der Waals surface area contributed by atoms with Crippen LogP contribution in [0.5, 0.6) is 0 Å². The van der Waals surface area contributed by atoms with E-state index in [1.807, 2.05) is 19.1 Å². The zero-order chi connectivity index (χ0) is 11.5. The highest BCUT2D eigenvalue weighted by atomic mass is 35.5. The molecule has 0 aliphatic rings. The second-order valence-corrected chi connectivity index (χ2v) is 4.62. The minimum atomic E-state index is 0.607. The molecule has 2 rings (SSSR count). The summed E-state index contributed by atoms with van der Waals surface area (Å²) < 4.78 is 0. The van der Waals surface area contributed by atoms with Gasteiger partial charge in [0.05, 0.1) is 10.7 Å². The van der Waals surface area contributed by atoms with Gasteiger partial charge in [-0.2, -0.15) is 0 Å². The van der Waals surface area contributed by atoms with Crippen molar-refractivity contribution in [1.29, 1.82) is 0 Å². The monoisotopic (exact) mass is 251 g/mol. The minimum Gasteiger partial charge on any atom is -0.397 e. The van der Waals surface area contributed by atoms with Crippen LogP contribution in [0.2, 0.25) is 5.02 Å². The average Bonchev–Trinajstić information content (AvgIpc) is 2.27. The van der Waals surface area contributed by atoms with Crippen LogP contribution >= 0.6 is 23.4 Å². The molecule has 2 aromatic rings. The van der Waals surface area contributed by atoms with E-state index in [4.69, 9.17) is 17.3 Å². The van der Waals surface area contributed by atoms with Gasteiger partial charge in [0, 0.05) is 11.9 Å². The fourth-order valence-electron chi connectivity index (χ4n) is 1.16. The third-order valence-electron chi connectivity index (χ3n) is 1.95. The quantitative estimate of drug-likeness (QED) is 0.891. The molecule has 0 aromatic carbocycles. The summed E-state index contributed by atoms with van der Waals surface area (Å²) in [5.41, 5.74) is 7.39. The van der Waals surface area contributed by atoms with Gasteiger partial charge in [-0.25, -0.2) is 9.97 Å². The van der Waals surface area contributed by atoms with E-state index in [0.29, 0.717) is 15.7 Å². The molecule has 2 N–H and O–H groups in total. The summed E-state index contributed by atoms with van der Waals surface area (Å²) in [4.78, 5) is 8.53. The molecule has 0 saturated heterocycles. The van der Waals surface area contributed by atoms with Crippen LogP contribution in [0.3, 0.4) is 0 Å². The number of halogens is 1. The fourth-order valence-corrected chi connectivity index (χ4v) is 2.24. The zero-order valence-corrected chi connectivity index (χ0v) is 10.2. The highest BCUT2D eigenvalue weighted by Crippen LogP contribution is 2.33. The van der Waals surface area contributed by atoms with E-state index in [0.717, 1.165) is 10.7 Å². The van der Waals surface area contributed by atoms with Crippen LogP contribution in [-0.2, 0) is 0 Å². The molecule has 0 amide bonds. The van der Waals surface area contributed by atoms with E-state index in [9.17, 15) is 0 Å². The van der Waals surface area contributed by atoms with Gasteiger partial charge < -0.3 is 5.73 Å². The van der Waals surface area contributed by atoms with Crippen molar-refractivity contribution in [3.63, 3.8) is 0 Å². The number of pyridine rings is 2. The molecule has 2 heterocycles. The Labute approximate surface area is 103 Å². The largest absolute Gasteiger partial charge is 0.397 e. The van der Waals surface area contributed by atoms with Crippen LogP contribution in [0.1, 0.15) is 5.69 Å². The third-order valence-corrected chi connectivity index (χ3v) is 3.40. The number of aromatic nitrogens is 2. The molecule has 0 atom stereocenters. The molecule has 2 aromatic heterocycles. The predicted molar refractivity (Wildman–Crippen MR) is 66.8 cm³/mol. The molecule has 0 spiro atoms. The van der Waals surface area contributed by atoms with Crippen molar-refractivity contribution in [2.75, 3.05) is 5.73 Å². The second-order valence-electron chi connectivity index (χ2n) is 3.24. The van der Waals surface area contributed by atoms with Crippen molar-refractivity contribution < 1.29 is 0 Å². The Morgan fingerprint density at radius 2 is 2.06 bits per heavy atom. The lowest BCUT2D eigenvalue weighted by Gasteiger charge is -2.05. The van der Waals surface area contributed by atoms with Gasteiger partial charge in [0.15, 0.2) is 0 Å². The molecule has 5 heteroatoms. The first kappa shape index (κ1) is 11.2. The summed E-state index contributed by atoms with van der Waals surface area (Å²) in [5, 5.41) is 2.06. The molecule has 0 unspecified atom stereocenters. The van der Waals surface area contributed by atoms with E-state index < -0.39 is 0 Å². The normalized spacial score (nSPS) is 10.4. The standard InChI is InChI=1S/C11H10ClN3S/c1-7-4-5-9(13)11(15-7)16-10-8(12)3-2-6-14-10/h2-6H,13H2,1H3. The molecule has 0 aliphatic heterocycles. The molecule has 0 radical (unpaired) electrons. The summed E-state index contributed by atoms with van der Waals surface area (Å²) >= 11 is 7.39. The number of hydrogen-bond acceptors (Lipinski definition) is 4. The fraction of sp³-hybridized carbons (Fsp3) is 0.0909. The SMILES string of the molecule is Cc1ccc(N)c(Sc2ncccc2Cl)n1. The van der Waals surface area contributed by atoms with Crippen LogP contribution in [0.15, 0.2) is 40.5 Å². The number of aryl methyl sites for hydroxylation is 1. The molecular weight excluding hydrogens is 242 g/mol. The van der Waals surface area contributed by atoms with Gasteiger partial charge in [0.1, 0.15) is 10.1 Å². The summed E-state index contributed by atoms with van der Waals surface area (Å²) in [5.74, 6) is 0. The van der Waals surface area contributed by atoms with Crippen molar-refractivity contribution in [2.24, 2.45) is 0 Å². The summed E-state index contributed by atoms with van der Waals surface area (Å²) in [6.07, 6.45) is 1.69. The lowest BCUT2D eigenvalue weighted by atomic mass is 10.3. The Bertz CT molecular complexity index is 516. The highest BCUT2D eigenvalue weighted by molar-refractivity contribution is 7.99. The average molecular weight is 252 g/mol. The maximum absolute atomic E-state index is 6.01. The van der Waals surface area contributed by atoms with E-state index in [1.165, 1.54) is 11.8 Å². The van der Waals surface area contributed by atoms with Crippen LogP contribution < -0.4 is 5.73 Å². The van der Waals surface area contributed by atoms with Gasteiger partial charge in [-0.3, -0.25) is 0 Å². The lowest BCUT2D eigenvalue weighted by Crippen LogP contribution is -1.94. The van der Waals surface area contributed by atoms with Gasteiger partial charge in [0.2, 0.25) is 0 Å². The smallest absolute Gasteiger partial charge is 0.126 e. The Hall–Kier alpha value is -1.26. The second kappa shape index (κ2) is 4.72. The van der Waals surface area contributed by atoms with Crippen LogP contribution in [-0.4, -0.2) is 9.97 Å².